The molecule has 5 nitrogen and oxygen atoms in total. The molecule has 0 aliphatic heterocycles. The summed E-state index contributed by atoms with van der Waals surface area (Å²) in [5.41, 5.74) is 1.88. The first-order chi connectivity index (χ1) is 10.1. The van der Waals surface area contributed by atoms with Crippen LogP contribution in [0.25, 0.3) is 0 Å². The summed E-state index contributed by atoms with van der Waals surface area (Å²) in [4.78, 5) is 22.6. The first kappa shape index (κ1) is 14.7. The highest BCUT2D eigenvalue weighted by molar-refractivity contribution is 5.89. The summed E-state index contributed by atoms with van der Waals surface area (Å²) < 4.78 is 5.15. The lowest BCUT2D eigenvalue weighted by atomic mass is 10.1. The Morgan fingerprint density at radius 1 is 0.952 bits per heavy atom. The van der Waals surface area contributed by atoms with E-state index in [1.54, 1.807) is 36.4 Å². The van der Waals surface area contributed by atoms with Gasteiger partial charge < -0.3 is 14.9 Å². The zero-order valence-corrected chi connectivity index (χ0v) is 11.2. The molecule has 0 heterocycles. The summed E-state index contributed by atoms with van der Waals surface area (Å²) in [6, 6.07) is 12.7. The number of rotatable bonds is 5. The monoisotopic (exact) mass is 286 g/mol. The highest BCUT2D eigenvalue weighted by Crippen LogP contribution is 2.10. The molecule has 0 bridgehead atoms. The van der Waals surface area contributed by atoms with E-state index in [9.17, 15) is 9.59 Å². The van der Waals surface area contributed by atoms with Gasteiger partial charge in [0.1, 0.15) is 6.61 Å². The normalized spacial score (nSPS) is 10.1. The van der Waals surface area contributed by atoms with E-state index in [0.29, 0.717) is 16.7 Å². The zero-order chi connectivity index (χ0) is 15.2. The minimum Gasteiger partial charge on any atom is -0.478 e. The molecule has 0 aromatic heterocycles. The highest BCUT2D eigenvalue weighted by Gasteiger charge is 2.08. The van der Waals surface area contributed by atoms with E-state index in [1.165, 1.54) is 12.1 Å². The van der Waals surface area contributed by atoms with Crippen molar-refractivity contribution in [3.05, 3.63) is 70.8 Å². The fraction of sp³-hybridized carbons (Fsp3) is 0.125. The standard InChI is InChI=1S/C16H14O5/c17-9-12-2-1-3-14(8-12)16(20)21-10-11-4-6-13(7-5-11)15(18)19/h1-8,17H,9-10H2,(H,18,19). The molecule has 0 aliphatic carbocycles. The van der Waals surface area contributed by atoms with E-state index in [4.69, 9.17) is 14.9 Å². The molecule has 0 spiro atoms. The van der Waals surface area contributed by atoms with Crippen molar-refractivity contribution in [2.45, 2.75) is 13.2 Å². The molecule has 2 N–H and O–H groups in total. The molecule has 0 atom stereocenters. The number of hydrogen-bond donors (Lipinski definition) is 2. The van der Waals surface area contributed by atoms with Crippen LogP contribution >= 0.6 is 0 Å². The van der Waals surface area contributed by atoms with Crippen LogP contribution < -0.4 is 0 Å². The quantitative estimate of drug-likeness (QED) is 0.823. The molecule has 2 aromatic rings. The molecule has 0 saturated carbocycles. The molecule has 0 radical (unpaired) electrons. The minimum absolute atomic E-state index is 0.0576. The van der Waals surface area contributed by atoms with Crippen molar-refractivity contribution in [3.8, 4) is 0 Å². The molecule has 2 rings (SSSR count). The van der Waals surface area contributed by atoms with E-state index in [1.807, 2.05) is 0 Å². The van der Waals surface area contributed by atoms with Gasteiger partial charge in [-0.15, -0.1) is 0 Å². The third-order valence-electron chi connectivity index (χ3n) is 2.92. The van der Waals surface area contributed by atoms with E-state index in [-0.39, 0.29) is 18.8 Å². The molecule has 0 fully saturated rings. The smallest absolute Gasteiger partial charge is 0.338 e. The highest BCUT2D eigenvalue weighted by atomic mass is 16.5. The Morgan fingerprint density at radius 2 is 1.67 bits per heavy atom. The van der Waals surface area contributed by atoms with Gasteiger partial charge in [0.15, 0.2) is 0 Å². The SMILES string of the molecule is O=C(O)c1ccc(COC(=O)c2cccc(CO)c2)cc1. The molecule has 0 unspecified atom stereocenters. The van der Waals surface area contributed by atoms with Gasteiger partial charge in [0, 0.05) is 0 Å². The van der Waals surface area contributed by atoms with Gasteiger partial charge in [0.25, 0.3) is 0 Å². The van der Waals surface area contributed by atoms with Gasteiger partial charge in [0.2, 0.25) is 0 Å². The lowest BCUT2D eigenvalue weighted by Gasteiger charge is -2.06. The van der Waals surface area contributed by atoms with Crippen molar-refractivity contribution in [2.24, 2.45) is 0 Å². The van der Waals surface area contributed by atoms with Crippen molar-refractivity contribution in [1.29, 1.82) is 0 Å². The Hall–Kier alpha value is -2.66. The number of aliphatic hydroxyl groups is 1. The predicted octanol–water partition coefficient (Wildman–Crippen LogP) is 2.23. The van der Waals surface area contributed by atoms with Crippen LogP contribution in [0.3, 0.4) is 0 Å². The molecule has 108 valence electrons. The number of hydrogen-bond acceptors (Lipinski definition) is 4. The van der Waals surface area contributed by atoms with E-state index < -0.39 is 11.9 Å². The molecule has 2 aromatic carbocycles. The third kappa shape index (κ3) is 3.90. The summed E-state index contributed by atoms with van der Waals surface area (Å²) in [5.74, 6) is -1.49. The largest absolute Gasteiger partial charge is 0.478 e. The minimum atomic E-state index is -1.00. The number of carboxylic acid groups (broad SMARTS) is 1. The van der Waals surface area contributed by atoms with Crippen LogP contribution in [0.2, 0.25) is 0 Å². The van der Waals surface area contributed by atoms with Crippen LogP contribution in [-0.2, 0) is 18.0 Å². The zero-order valence-electron chi connectivity index (χ0n) is 11.2. The first-order valence-electron chi connectivity index (χ1n) is 6.29. The Bertz CT molecular complexity index is 646. The maximum atomic E-state index is 11.9. The summed E-state index contributed by atoms with van der Waals surface area (Å²) in [5, 5.41) is 17.8. The third-order valence-corrected chi connectivity index (χ3v) is 2.92. The van der Waals surface area contributed by atoms with Gasteiger partial charge in [-0.2, -0.15) is 0 Å². The molecule has 0 saturated heterocycles. The number of benzene rings is 2. The molecular formula is C16H14O5. The van der Waals surface area contributed by atoms with Crippen molar-refractivity contribution in [1.82, 2.24) is 0 Å². The lowest BCUT2D eigenvalue weighted by molar-refractivity contribution is 0.0471. The van der Waals surface area contributed by atoms with Crippen molar-refractivity contribution >= 4 is 11.9 Å². The molecular weight excluding hydrogens is 272 g/mol. The molecule has 21 heavy (non-hydrogen) atoms. The van der Waals surface area contributed by atoms with Crippen LogP contribution in [0.15, 0.2) is 48.5 Å². The van der Waals surface area contributed by atoms with Crippen molar-refractivity contribution in [2.75, 3.05) is 0 Å². The number of aromatic carboxylic acids is 1. The summed E-state index contributed by atoms with van der Waals surface area (Å²) in [6.07, 6.45) is 0. The Labute approximate surface area is 121 Å². The van der Waals surface area contributed by atoms with Gasteiger partial charge >= 0.3 is 11.9 Å². The second-order valence-corrected chi connectivity index (χ2v) is 4.44. The van der Waals surface area contributed by atoms with Crippen LogP contribution in [0.5, 0.6) is 0 Å². The number of ether oxygens (including phenoxy) is 1. The predicted molar refractivity (Wildman–Crippen MR) is 74.9 cm³/mol. The van der Waals surface area contributed by atoms with Gasteiger partial charge in [-0.1, -0.05) is 24.3 Å². The number of carbonyl (C=O) groups is 2. The molecule has 0 amide bonds. The number of carboxylic acids is 1. The Balaban J connectivity index is 1.98. The van der Waals surface area contributed by atoms with Crippen LogP contribution in [0.4, 0.5) is 0 Å². The second kappa shape index (κ2) is 6.67. The maximum Gasteiger partial charge on any atom is 0.338 e. The lowest BCUT2D eigenvalue weighted by Crippen LogP contribution is -2.06. The van der Waals surface area contributed by atoms with Gasteiger partial charge in [-0.25, -0.2) is 9.59 Å². The number of carbonyl (C=O) groups excluding carboxylic acids is 1. The van der Waals surface area contributed by atoms with Crippen molar-refractivity contribution < 1.29 is 24.5 Å². The topological polar surface area (TPSA) is 83.8 Å². The molecule has 0 aliphatic rings. The fourth-order valence-corrected chi connectivity index (χ4v) is 1.77. The Kier molecular flexibility index (Phi) is 4.68. The summed E-state index contributed by atoms with van der Waals surface area (Å²) >= 11 is 0. The van der Waals surface area contributed by atoms with E-state index in [2.05, 4.69) is 0 Å². The number of esters is 1. The second-order valence-electron chi connectivity index (χ2n) is 4.44. The van der Waals surface area contributed by atoms with Crippen LogP contribution in [0.1, 0.15) is 31.8 Å². The fourth-order valence-electron chi connectivity index (χ4n) is 1.77. The van der Waals surface area contributed by atoms with E-state index in [0.717, 1.165) is 0 Å². The van der Waals surface area contributed by atoms with Crippen molar-refractivity contribution in [3.63, 3.8) is 0 Å². The molecule has 5 heteroatoms. The maximum absolute atomic E-state index is 11.9. The van der Waals surface area contributed by atoms with Gasteiger partial charge in [-0.3, -0.25) is 0 Å². The van der Waals surface area contributed by atoms with Gasteiger partial charge in [0.05, 0.1) is 17.7 Å². The Morgan fingerprint density at radius 3 is 2.29 bits per heavy atom. The average molecular weight is 286 g/mol. The van der Waals surface area contributed by atoms with Crippen LogP contribution in [-0.4, -0.2) is 22.2 Å². The first-order valence-corrected chi connectivity index (χ1v) is 6.29. The average Bonchev–Trinajstić information content (AvgIpc) is 2.53. The summed E-state index contributed by atoms with van der Waals surface area (Å²) in [7, 11) is 0. The van der Waals surface area contributed by atoms with Crippen LogP contribution in [0, 0.1) is 0 Å². The summed E-state index contributed by atoms with van der Waals surface area (Å²) in [6.45, 7) is -0.0835. The van der Waals surface area contributed by atoms with E-state index >= 15 is 0 Å². The van der Waals surface area contributed by atoms with Gasteiger partial charge in [-0.05, 0) is 35.4 Å². The number of aliphatic hydroxyl groups excluding tert-OH is 1.